The number of nitrogens with one attached hydrogen (secondary N) is 2. The van der Waals surface area contributed by atoms with Gasteiger partial charge in [-0.1, -0.05) is 18.2 Å². The molecule has 2 heterocycles. The third kappa shape index (κ3) is 3.05. The summed E-state index contributed by atoms with van der Waals surface area (Å²) in [4.78, 5) is 34.6. The van der Waals surface area contributed by atoms with Gasteiger partial charge in [0.25, 0.3) is 0 Å². The predicted molar refractivity (Wildman–Crippen MR) is 107 cm³/mol. The highest BCUT2D eigenvalue weighted by atomic mass is 16.2. The first-order valence-electron chi connectivity index (χ1n) is 9.81. The van der Waals surface area contributed by atoms with Crippen molar-refractivity contribution in [1.29, 1.82) is 0 Å². The van der Waals surface area contributed by atoms with Crippen LogP contribution >= 0.6 is 0 Å². The number of amides is 2. The Bertz CT molecular complexity index is 1040. The summed E-state index contributed by atoms with van der Waals surface area (Å²) in [5, 5.41) is 2.92. The van der Waals surface area contributed by atoms with Gasteiger partial charge in [-0.25, -0.2) is 4.98 Å². The van der Waals surface area contributed by atoms with Gasteiger partial charge in [0.15, 0.2) is 0 Å². The van der Waals surface area contributed by atoms with Gasteiger partial charge >= 0.3 is 0 Å². The van der Waals surface area contributed by atoms with E-state index < -0.39 is 0 Å². The molecule has 1 fully saturated rings. The number of hydrogen-bond acceptors (Lipinski definition) is 3. The number of hydrogen-bond donors (Lipinski definition) is 2. The molecule has 1 aromatic heterocycles. The maximum Gasteiger partial charge on any atom is 0.227 e. The number of para-hydroxylation sites is 2. The Balaban J connectivity index is 1.24. The quantitative estimate of drug-likeness (QED) is 0.737. The van der Waals surface area contributed by atoms with Crippen LogP contribution in [0.25, 0.3) is 11.0 Å². The number of benzene rings is 2. The van der Waals surface area contributed by atoms with Gasteiger partial charge in [0, 0.05) is 18.7 Å². The topological polar surface area (TPSA) is 78.1 Å². The smallest absolute Gasteiger partial charge is 0.227 e. The zero-order valence-electron chi connectivity index (χ0n) is 15.6. The van der Waals surface area contributed by atoms with Crippen LogP contribution in [0.1, 0.15) is 29.8 Å². The van der Waals surface area contributed by atoms with E-state index in [1.54, 1.807) is 4.90 Å². The molecule has 142 valence electrons. The third-order valence-electron chi connectivity index (χ3n) is 5.76. The molecule has 2 amide bonds. The van der Waals surface area contributed by atoms with Crippen molar-refractivity contribution >= 4 is 28.5 Å². The minimum atomic E-state index is -0.329. The van der Waals surface area contributed by atoms with Crippen molar-refractivity contribution < 1.29 is 9.59 Å². The predicted octanol–water partition coefficient (Wildman–Crippen LogP) is 2.72. The van der Waals surface area contributed by atoms with Gasteiger partial charge in [0.2, 0.25) is 11.8 Å². The molecule has 28 heavy (non-hydrogen) atoms. The van der Waals surface area contributed by atoms with Crippen LogP contribution in [0, 0.1) is 5.92 Å². The molecule has 0 bridgehead atoms. The molecule has 1 unspecified atom stereocenters. The van der Waals surface area contributed by atoms with E-state index >= 15 is 0 Å². The molecule has 1 atom stereocenters. The third-order valence-corrected chi connectivity index (χ3v) is 5.76. The van der Waals surface area contributed by atoms with Gasteiger partial charge < -0.3 is 15.2 Å². The molecule has 6 nitrogen and oxygen atoms in total. The van der Waals surface area contributed by atoms with Crippen LogP contribution < -0.4 is 10.2 Å². The molecule has 6 heteroatoms. The lowest BCUT2D eigenvalue weighted by Gasteiger charge is -2.18. The van der Waals surface area contributed by atoms with Gasteiger partial charge in [0.05, 0.1) is 23.5 Å². The number of rotatable bonds is 4. The van der Waals surface area contributed by atoms with Gasteiger partial charge in [-0.05, 0) is 54.7 Å². The van der Waals surface area contributed by atoms with Crippen molar-refractivity contribution in [3.8, 4) is 0 Å². The van der Waals surface area contributed by atoms with E-state index in [0.29, 0.717) is 18.9 Å². The number of carbonyl (C=O) groups is 2. The normalized spacial score (nSPS) is 18.6. The highest BCUT2D eigenvalue weighted by molar-refractivity contribution is 6.00. The van der Waals surface area contributed by atoms with E-state index in [9.17, 15) is 9.59 Å². The molecular weight excluding hydrogens is 352 g/mol. The number of aromatic nitrogens is 2. The summed E-state index contributed by atoms with van der Waals surface area (Å²) < 4.78 is 0. The number of imidazole rings is 1. The molecule has 2 N–H and O–H groups in total. The summed E-state index contributed by atoms with van der Waals surface area (Å²) in [5.74, 6) is 0.304. The fourth-order valence-electron chi connectivity index (χ4n) is 4.26. The zero-order valence-corrected chi connectivity index (χ0v) is 15.6. The van der Waals surface area contributed by atoms with E-state index in [0.717, 1.165) is 29.6 Å². The Hall–Kier alpha value is -3.15. The van der Waals surface area contributed by atoms with Crippen LogP contribution in [0.3, 0.4) is 0 Å². The van der Waals surface area contributed by atoms with Crippen LogP contribution in [0.5, 0.6) is 0 Å². The van der Waals surface area contributed by atoms with Crippen LogP contribution in [-0.2, 0) is 29.0 Å². The average molecular weight is 374 g/mol. The number of nitrogens with zero attached hydrogens (tertiary/aromatic N) is 2. The number of carbonyl (C=O) groups excluding carboxylic acids is 2. The molecule has 0 saturated carbocycles. The Labute approximate surface area is 163 Å². The number of aryl methyl sites for hydroxylation is 2. The molecule has 2 aliphatic rings. The second-order valence-corrected chi connectivity index (χ2v) is 7.63. The van der Waals surface area contributed by atoms with Crippen LogP contribution in [0.4, 0.5) is 5.69 Å². The minimum absolute atomic E-state index is 0.0156. The van der Waals surface area contributed by atoms with Crippen LogP contribution in [0.15, 0.2) is 42.5 Å². The molecule has 2 aromatic carbocycles. The van der Waals surface area contributed by atoms with Crippen LogP contribution in [0.2, 0.25) is 0 Å². The Morgan fingerprint density at radius 1 is 1.18 bits per heavy atom. The first-order valence-corrected chi connectivity index (χ1v) is 9.81. The van der Waals surface area contributed by atoms with Gasteiger partial charge in [-0.2, -0.15) is 0 Å². The van der Waals surface area contributed by atoms with E-state index in [4.69, 9.17) is 0 Å². The number of aromatic amines is 1. The summed E-state index contributed by atoms with van der Waals surface area (Å²) in [6.45, 7) is 0.765. The number of fused-ring (bicyclic) bond motifs is 2. The van der Waals surface area contributed by atoms with Crippen molar-refractivity contribution in [2.24, 2.45) is 5.92 Å². The van der Waals surface area contributed by atoms with Crippen molar-refractivity contribution in [2.75, 3.05) is 11.4 Å². The number of H-pyrrole nitrogens is 1. The second kappa shape index (κ2) is 6.78. The number of anilines is 1. The summed E-state index contributed by atoms with van der Waals surface area (Å²) >= 11 is 0. The average Bonchev–Trinajstić information content (AvgIpc) is 3.42. The minimum Gasteiger partial charge on any atom is -0.349 e. The lowest BCUT2D eigenvalue weighted by Crippen LogP contribution is -2.32. The lowest BCUT2D eigenvalue weighted by molar-refractivity contribution is -0.126. The maximum absolute atomic E-state index is 12.6. The molecule has 1 aliphatic heterocycles. The SMILES string of the molecule is O=C(NCc1nc2ccccc2[nH]1)C1CC(=O)N(c2ccc3c(c2)CCC3)C1. The van der Waals surface area contributed by atoms with E-state index in [1.807, 2.05) is 30.3 Å². The van der Waals surface area contributed by atoms with Gasteiger partial charge in [-0.3, -0.25) is 9.59 Å². The summed E-state index contributed by atoms with van der Waals surface area (Å²) in [6.07, 6.45) is 3.63. The van der Waals surface area contributed by atoms with Gasteiger partial charge in [0.1, 0.15) is 5.82 Å². The van der Waals surface area contributed by atoms with Crippen molar-refractivity contribution in [2.45, 2.75) is 32.2 Å². The monoisotopic (exact) mass is 374 g/mol. The first kappa shape index (κ1) is 17.0. The maximum atomic E-state index is 12.6. The summed E-state index contributed by atoms with van der Waals surface area (Å²) in [5.41, 5.74) is 5.47. The molecule has 3 aromatic rings. The molecule has 1 aliphatic carbocycles. The molecule has 0 radical (unpaired) electrons. The highest BCUT2D eigenvalue weighted by Gasteiger charge is 2.35. The van der Waals surface area contributed by atoms with Crippen molar-refractivity contribution in [1.82, 2.24) is 15.3 Å². The lowest BCUT2D eigenvalue weighted by atomic mass is 10.1. The van der Waals surface area contributed by atoms with Crippen LogP contribution in [-0.4, -0.2) is 28.3 Å². The molecule has 1 saturated heterocycles. The Morgan fingerprint density at radius 3 is 2.93 bits per heavy atom. The fourth-order valence-corrected chi connectivity index (χ4v) is 4.26. The van der Waals surface area contributed by atoms with E-state index in [2.05, 4.69) is 27.4 Å². The summed E-state index contributed by atoms with van der Waals surface area (Å²) in [7, 11) is 0. The largest absolute Gasteiger partial charge is 0.349 e. The molecule has 5 rings (SSSR count). The standard InChI is InChI=1S/C22H22N4O2/c27-21-11-16(13-26(21)17-9-8-14-4-3-5-15(14)10-17)22(28)23-12-20-24-18-6-1-2-7-19(18)25-20/h1-2,6-10,16H,3-5,11-13H2,(H,23,28)(H,24,25). The zero-order chi connectivity index (χ0) is 19.1. The fraction of sp³-hybridized carbons (Fsp3) is 0.318. The van der Waals surface area contributed by atoms with Crippen molar-refractivity contribution in [3.63, 3.8) is 0 Å². The molecule has 0 spiro atoms. The van der Waals surface area contributed by atoms with Crippen molar-refractivity contribution in [3.05, 3.63) is 59.4 Å². The van der Waals surface area contributed by atoms with Gasteiger partial charge in [-0.15, -0.1) is 0 Å². The molecular formula is C22H22N4O2. The Morgan fingerprint density at radius 2 is 2.04 bits per heavy atom. The van der Waals surface area contributed by atoms with E-state index in [-0.39, 0.29) is 24.2 Å². The summed E-state index contributed by atoms with van der Waals surface area (Å²) in [6, 6.07) is 14.0. The Kier molecular flexibility index (Phi) is 4.11. The second-order valence-electron chi connectivity index (χ2n) is 7.63. The first-order chi connectivity index (χ1) is 13.7. The highest BCUT2D eigenvalue weighted by Crippen LogP contribution is 2.30. The van der Waals surface area contributed by atoms with E-state index in [1.165, 1.54) is 17.5 Å².